The second-order valence-corrected chi connectivity index (χ2v) is 2.51. The lowest BCUT2D eigenvalue weighted by Gasteiger charge is -1.93. The average Bonchev–Trinajstić information content (AvgIpc) is 2.05. The molecule has 0 fully saturated rings. The van der Waals surface area contributed by atoms with Crippen molar-refractivity contribution in [1.82, 2.24) is 9.97 Å². The summed E-state index contributed by atoms with van der Waals surface area (Å²) in [6.07, 6.45) is 6.62. The maximum absolute atomic E-state index is 5.34. The van der Waals surface area contributed by atoms with E-state index in [4.69, 9.17) is 5.73 Å². The van der Waals surface area contributed by atoms with Gasteiger partial charge in [0.2, 0.25) is 0 Å². The van der Waals surface area contributed by atoms with Gasteiger partial charge in [0.15, 0.2) is 0 Å². The molecule has 0 aliphatic rings. The van der Waals surface area contributed by atoms with Crippen LogP contribution in [0.25, 0.3) is 6.08 Å². The summed E-state index contributed by atoms with van der Waals surface area (Å²) >= 11 is 0. The Kier molecular flexibility index (Phi) is 3.41. The van der Waals surface area contributed by atoms with Crippen LogP contribution in [-0.4, -0.2) is 16.5 Å². The lowest BCUT2D eigenvalue weighted by atomic mass is 10.3. The molecule has 0 saturated heterocycles. The van der Waals surface area contributed by atoms with Crippen molar-refractivity contribution >= 4 is 6.08 Å². The summed E-state index contributed by atoms with van der Waals surface area (Å²) in [4.78, 5) is 8.20. The van der Waals surface area contributed by atoms with Crippen LogP contribution >= 0.6 is 0 Å². The smallest absolute Gasteiger partial charge is 0.125 e. The third-order valence-electron chi connectivity index (χ3n) is 1.42. The van der Waals surface area contributed by atoms with Crippen LogP contribution in [0.3, 0.4) is 0 Å². The highest BCUT2D eigenvalue weighted by Gasteiger charge is 1.88. The lowest BCUT2D eigenvalue weighted by Crippen LogP contribution is -1.95. The largest absolute Gasteiger partial charge is 0.330 e. The molecule has 2 N–H and O–H groups in total. The molecule has 0 radical (unpaired) electrons. The Labute approximate surface area is 72.3 Å². The van der Waals surface area contributed by atoms with Crippen molar-refractivity contribution in [3.8, 4) is 0 Å². The van der Waals surface area contributed by atoms with Crippen molar-refractivity contribution in [3.05, 3.63) is 29.9 Å². The van der Waals surface area contributed by atoms with Gasteiger partial charge in [0.25, 0.3) is 0 Å². The maximum atomic E-state index is 5.34. The van der Waals surface area contributed by atoms with E-state index >= 15 is 0 Å². The van der Waals surface area contributed by atoms with Crippen LogP contribution in [-0.2, 0) is 0 Å². The molecule has 1 rings (SSSR count). The van der Waals surface area contributed by atoms with Gasteiger partial charge in [-0.2, -0.15) is 0 Å². The fourth-order valence-electron chi connectivity index (χ4n) is 0.868. The molecule has 3 heteroatoms. The van der Waals surface area contributed by atoms with E-state index in [2.05, 4.69) is 9.97 Å². The van der Waals surface area contributed by atoms with E-state index in [0.29, 0.717) is 6.54 Å². The summed E-state index contributed by atoms with van der Waals surface area (Å²) < 4.78 is 0. The minimum Gasteiger partial charge on any atom is -0.330 e. The summed E-state index contributed by atoms with van der Waals surface area (Å²) in [5.41, 5.74) is 6.28. The molecule has 12 heavy (non-hydrogen) atoms. The third kappa shape index (κ3) is 2.80. The fourth-order valence-corrected chi connectivity index (χ4v) is 0.868. The first kappa shape index (κ1) is 8.87. The van der Waals surface area contributed by atoms with Crippen LogP contribution in [0.4, 0.5) is 0 Å². The molecule has 0 spiro atoms. The Morgan fingerprint density at radius 1 is 1.58 bits per heavy atom. The topological polar surface area (TPSA) is 51.8 Å². The maximum Gasteiger partial charge on any atom is 0.125 e. The molecule has 1 aromatic rings. The van der Waals surface area contributed by atoms with E-state index in [1.54, 1.807) is 6.20 Å². The van der Waals surface area contributed by atoms with Crippen molar-refractivity contribution in [3.63, 3.8) is 0 Å². The van der Waals surface area contributed by atoms with Gasteiger partial charge < -0.3 is 5.73 Å². The number of aryl methyl sites for hydroxylation is 1. The summed E-state index contributed by atoms with van der Waals surface area (Å²) in [5, 5.41) is 0. The number of aromatic nitrogens is 2. The molecule has 3 nitrogen and oxygen atoms in total. The van der Waals surface area contributed by atoms with Gasteiger partial charge in [-0.1, -0.05) is 6.08 Å². The quantitative estimate of drug-likeness (QED) is 0.727. The van der Waals surface area contributed by atoms with Crippen LogP contribution < -0.4 is 5.73 Å². The van der Waals surface area contributed by atoms with Crippen LogP contribution in [0.15, 0.2) is 18.3 Å². The van der Waals surface area contributed by atoms with E-state index in [1.165, 1.54) is 0 Å². The molecule has 0 unspecified atom stereocenters. The van der Waals surface area contributed by atoms with E-state index in [9.17, 15) is 0 Å². The van der Waals surface area contributed by atoms with Crippen molar-refractivity contribution in [2.45, 2.75) is 13.3 Å². The number of nitrogens with zero attached hydrogens (tertiary/aromatic N) is 2. The number of hydrogen-bond donors (Lipinski definition) is 1. The van der Waals surface area contributed by atoms with Crippen LogP contribution in [0.1, 0.15) is 17.9 Å². The zero-order valence-corrected chi connectivity index (χ0v) is 7.20. The molecule has 0 amide bonds. The summed E-state index contributed by atoms with van der Waals surface area (Å²) in [5.74, 6) is 0.796. The molecule has 0 aromatic carbocycles. The second-order valence-electron chi connectivity index (χ2n) is 2.51. The first-order chi connectivity index (χ1) is 5.83. The van der Waals surface area contributed by atoms with Gasteiger partial charge in [-0.25, -0.2) is 9.97 Å². The van der Waals surface area contributed by atoms with Crippen molar-refractivity contribution < 1.29 is 0 Å². The lowest BCUT2D eigenvalue weighted by molar-refractivity contribution is 1.01. The van der Waals surface area contributed by atoms with Crippen LogP contribution in [0.2, 0.25) is 0 Å². The molecule has 1 heterocycles. The summed E-state index contributed by atoms with van der Waals surface area (Å²) in [6.45, 7) is 2.56. The van der Waals surface area contributed by atoms with Gasteiger partial charge in [0, 0.05) is 6.20 Å². The van der Waals surface area contributed by atoms with Gasteiger partial charge in [-0.15, -0.1) is 0 Å². The molecule has 1 aromatic heterocycles. The Hall–Kier alpha value is -1.22. The minimum absolute atomic E-state index is 0.681. The number of rotatable bonds is 3. The minimum atomic E-state index is 0.681. The van der Waals surface area contributed by atoms with E-state index in [1.807, 2.05) is 25.1 Å². The Morgan fingerprint density at radius 3 is 3.08 bits per heavy atom. The number of nitrogens with two attached hydrogens (primary N) is 1. The molecular formula is C9H13N3. The van der Waals surface area contributed by atoms with Gasteiger partial charge in [-0.05, 0) is 32.0 Å². The number of hydrogen-bond acceptors (Lipinski definition) is 3. The monoisotopic (exact) mass is 163 g/mol. The Bertz CT molecular complexity index is 268. The SMILES string of the molecule is Cc1nccc(/C=C/CCN)n1. The van der Waals surface area contributed by atoms with E-state index < -0.39 is 0 Å². The summed E-state index contributed by atoms with van der Waals surface area (Å²) in [6, 6.07) is 1.88. The first-order valence-electron chi connectivity index (χ1n) is 3.99. The molecule has 0 bridgehead atoms. The standard InChI is InChI=1S/C9H13N3/c1-8-11-7-5-9(12-8)4-2-3-6-10/h2,4-5,7H,3,6,10H2,1H3/b4-2+. The predicted octanol–water partition coefficient (Wildman–Crippen LogP) is 1.15. The fraction of sp³-hybridized carbons (Fsp3) is 0.333. The second kappa shape index (κ2) is 4.62. The molecule has 0 aliphatic carbocycles. The Morgan fingerprint density at radius 2 is 2.42 bits per heavy atom. The van der Waals surface area contributed by atoms with Crippen molar-refractivity contribution in [2.75, 3.05) is 6.54 Å². The highest BCUT2D eigenvalue weighted by atomic mass is 14.9. The van der Waals surface area contributed by atoms with Crippen LogP contribution in [0.5, 0.6) is 0 Å². The van der Waals surface area contributed by atoms with Gasteiger partial charge >= 0.3 is 0 Å². The highest BCUT2D eigenvalue weighted by molar-refractivity contribution is 5.43. The first-order valence-corrected chi connectivity index (χ1v) is 3.99. The van der Waals surface area contributed by atoms with Crippen molar-refractivity contribution in [2.24, 2.45) is 5.73 Å². The molecule has 64 valence electrons. The third-order valence-corrected chi connectivity index (χ3v) is 1.42. The summed E-state index contributed by atoms with van der Waals surface area (Å²) in [7, 11) is 0. The van der Waals surface area contributed by atoms with E-state index in [0.717, 1.165) is 17.9 Å². The average molecular weight is 163 g/mol. The highest BCUT2D eigenvalue weighted by Crippen LogP contribution is 1.97. The van der Waals surface area contributed by atoms with Crippen molar-refractivity contribution in [1.29, 1.82) is 0 Å². The zero-order valence-electron chi connectivity index (χ0n) is 7.20. The zero-order chi connectivity index (χ0) is 8.81. The molecule has 0 aliphatic heterocycles. The molecule has 0 saturated carbocycles. The molecular weight excluding hydrogens is 150 g/mol. The van der Waals surface area contributed by atoms with Gasteiger partial charge in [-0.3, -0.25) is 0 Å². The normalized spacial score (nSPS) is 10.8. The van der Waals surface area contributed by atoms with E-state index in [-0.39, 0.29) is 0 Å². The molecule has 0 atom stereocenters. The van der Waals surface area contributed by atoms with Crippen LogP contribution in [0, 0.1) is 6.92 Å². The van der Waals surface area contributed by atoms with Gasteiger partial charge in [0.1, 0.15) is 5.82 Å². The Balaban J connectivity index is 2.63. The predicted molar refractivity (Wildman–Crippen MR) is 49.5 cm³/mol. The van der Waals surface area contributed by atoms with Gasteiger partial charge in [0.05, 0.1) is 5.69 Å².